The summed E-state index contributed by atoms with van der Waals surface area (Å²) >= 11 is 0. The molecule has 1 fully saturated rings. The Hall–Kier alpha value is -1.12. The second-order valence-electron chi connectivity index (χ2n) is 5.28. The van der Waals surface area contributed by atoms with Gasteiger partial charge in [-0.1, -0.05) is 0 Å². The minimum Gasteiger partial charge on any atom is -0.283 e. The topological polar surface area (TPSA) is 106 Å². The number of nitrogens with two attached hydrogens (primary N) is 1. The van der Waals surface area contributed by atoms with E-state index in [4.69, 9.17) is 5.14 Å². The summed E-state index contributed by atoms with van der Waals surface area (Å²) in [5.41, 5.74) is 1.63. The Kier molecular flexibility index (Phi) is 3.83. The lowest BCUT2D eigenvalue weighted by Gasteiger charge is -2.13. The van der Waals surface area contributed by atoms with Gasteiger partial charge in [-0.3, -0.25) is 4.72 Å². The molecule has 0 atom stereocenters. The molecule has 0 heterocycles. The van der Waals surface area contributed by atoms with Gasteiger partial charge in [0.25, 0.3) is 0 Å². The summed E-state index contributed by atoms with van der Waals surface area (Å²) in [5.74, 6) is 0.292. The second-order valence-corrected chi connectivity index (χ2v) is 8.61. The van der Waals surface area contributed by atoms with Gasteiger partial charge in [0.2, 0.25) is 20.0 Å². The molecular formula is C12H18N2O4S2. The van der Waals surface area contributed by atoms with Gasteiger partial charge in [-0.2, -0.15) is 0 Å². The van der Waals surface area contributed by atoms with Gasteiger partial charge in [0.15, 0.2) is 0 Å². The van der Waals surface area contributed by atoms with Crippen molar-refractivity contribution < 1.29 is 16.8 Å². The molecule has 2 rings (SSSR count). The number of benzene rings is 1. The monoisotopic (exact) mass is 318 g/mol. The molecule has 20 heavy (non-hydrogen) atoms. The molecule has 0 aromatic heterocycles. The minimum absolute atomic E-state index is 0.0745. The zero-order valence-corrected chi connectivity index (χ0v) is 13.0. The number of rotatable bonds is 5. The molecule has 0 bridgehead atoms. The van der Waals surface area contributed by atoms with Crippen molar-refractivity contribution in [1.29, 1.82) is 0 Å². The van der Waals surface area contributed by atoms with Crippen LogP contribution < -0.4 is 9.86 Å². The highest BCUT2D eigenvalue weighted by atomic mass is 32.2. The van der Waals surface area contributed by atoms with Crippen molar-refractivity contribution in [2.45, 2.75) is 31.6 Å². The standard InChI is InChI=1S/C12H18N2O4S2/c1-8-5-11(20(13,17)18)6-12(9(8)2)14-19(15,16)7-10-3-4-10/h5-6,10,14H,3-4,7H2,1-2H3,(H2,13,17,18). The van der Waals surface area contributed by atoms with Crippen molar-refractivity contribution in [2.75, 3.05) is 10.5 Å². The van der Waals surface area contributed by atoms with Crippen LogP contribution in [0.4, 0.5) is 5.69 Å². The predicted molar refractivity (Wildman–Crippen MR) is 77.4 cm³/mol. The molecule has 6 nitrogen and oxygen atoms in total. The van der Waals surface area contributed by atoms with E-state index in [0.29, 0.717) is 11.1 Å². The summed E-state index contributed by atoms with van der Waals surface area (Å²) in [6.45, 7) is 3.44. The molecule has 112 valence electrons. The fourth-order valence-corrected chi connectivity index (χ4v) is 4.11. The Bertz CT molecular complexity index is 735. The van der Waals surface area contributed by atoms with E-state index in [1.807, 2.05) is 0 Å². The summed E-state index contributed by atoms with van der Waals surface area (Å²) in [7, 11) is -7.32. The van der Waals surface area contributed by atoms with Gasteiger partial charge in [0.05, 0.1) is 16.3 Å². The average Bonchev–Trinajstić information content (AvgIpc) is 3.05. The zero-order valence-electron chi connectivity index (χ0n) is 11.4. The van der Waals surface area contributed by atoms with Crippen LogP contribution in [0.5, 0.6) is 0 Å². The maximum absolute atomic E-state index is 12.0. The maximum atomic E-state index is 12.0. The molecule has 0 aliphatic heterocycles. The Labute approximate surface area is 119 Å². The molecule has 3 N–H and O–H groups in total. The first-order chi connectivity index (χ1) is 9.08. The number of nitrogens with one attached hydrogen (secondary N) is 1. The van der Waals surface area contributed by atoms with E-state index in [1.165, 1.54) is 12.1 Å². The van der Waals surface area contributed by atoms with Crippen molar-refractivity contribution in [3.8, 4) is 0 Å². The number of hydrogen-bond acceptors (Lipinski definition) is 4. The minimum atomic E-state index is -3.87. The van der Waals surface area contributed by atoms with Crippen molar-refractivity contribution >= 4 is 25.7 Å². The Morgan fingerprint density at radius 2 is 1.80 bits per heavy atom. The highest BCUT2D eigenvalue weighted by Gasteiger charge is 2.28. The summed E-state index contributed by atoms with van der Waals surface area (Å²) in [5, 5.41) is 5.09. The highest BCUT2D eigenvalue weighted by Crippen LogP contribution is 2.31. The largest absolute Gasteiger partial charge is 0.283 e. The first-order valence-corrected chi connectivity index (χ1v) is 9.43. The molecule has 0 amide bonds. The van der Waals surface area contributed by atoms with Crippen LogP contribution in [0.3, 0.4) is 0 Å². The summed E-state index contributed by atoms with van der Waals surface area (Å²) in [6.07, 6.45) is 1.85. The summed E-state index contributed by atoms with van der Waals surface area (Å²) in [6, 6.07) is 2.70. The molecular weight excluding hydrogens is 300 g/mol. The molecule has 1 aromatic rings. The third kappa shape index (κ3) is 3.71. The number of primary sulfonamides is 1. The third-order valence-electron chi connectivity index (χ3n) is 3.39. The lowest BCUT2D eigenvalue weighted by Crippen LogP contribution is -2.20. The van der Waals surface area contributed by atoms with E-state index in [0.717, 1.165) is 12.8 Å². The van der Waals surface area contributed by atoms with Crippen LogP contribution in [0, 0.1) is 19.8 Å². The van der Waals surface area contributed by atoms with Crippen LogP contribution >= 0.6 is 0 Å². The molecule has 0 unspecified atom stereocenters. The highest BCUT2D eigenvalue weighted by molar-refractivity contribution is 7.92. The van der Waals surface area contributed by atoms with Crippen LogP contribution in [0.25, 0.3) is 0 Å². The fraction of sp³-hybridized carbons (Fsp3) is 0.500. The van der Waals surface area contributed by atoms with Gasteiger partial charge in [0.1, 0.15) is 0 Å². The molecule has 0 spiro atoms. The van der Waals surface area contributed by atoms with Gasteiger partial charge in [-0.15, -0.1) is 0 Å². The van der Waals surface area contributed by atoms with E-state index < -0.39 is 20.0 Å². The maximum Gasteiger partial charge on any atom is 0.238 e. The van der Waals surface area contributed by atoms with E-state index in [-0.39, 0.29) is 22.3 Å². The van der Waals surface area contributed by atoms with Crippen molar-refractivity contribution in [3.05, 3.63) is 23.3 Å². The van der Waals surface area contributed by atoms with E-state index >= 15 is 0 Å². The Morgan fingerprint density at radius 3 is 2.30 bits per heavy atom. The molecule has 1 aromatic carbocycles. The number of sulfonamides is 2. The number of hydrogen-bond donors (Lipinski definition) is 2. The van der Waals surface area contributed by atoms with Gasteiger partial charge in [-0.25, -0.2) is 22.0 Å². The normalized spacial score (nSPS) is 16.1. The molecule has 1 saturated carbocycles. The van der Waals surface area contributed by atoms with Crippen LogP contribution in [0.1, 0.15) is 24.0 Å². The molecule has 1 aliphatic carbocycles. The van der Waals surface area contributed by atoms with Crippen molar-refractivity contribution in [1.82, 2.24) is 0 Å². The van der Waals surface area contributed by atoms with Gasteiger partial charge in [0, 0.05) is 0 Å². The molecule has 1 aliphatic rings. The van der Waals surface area contributed by atoms with Gasteiger partial charge in [-0.05, 0) is 55.9 Å². The van der Waals surface area contributed by atoms with Gasteiger partial charge >= 0.3 is 0 Å². The average molecular weight is 318 g/mol. The molecule has 8 heteroatoms. The number of aryl methyl sites for hydroxylation is 1. The zero-order chi connectivity index (χ0) is 15.1. The van der Waals surface area contributed by atoms with E-state index in [1.54, 1.807) is 13.8 Å². The Balaban J connectivity index is 2.38. The lowest BCUT2D eigenvalue weighted by atomic mass is 10.1. The van der Waals surface area contributed by atoms with Crippen molar-refractivity contribution in [2.24, 2.45) is 11.1 Å². The first kappa shape index (κ1) is 15.3. The second kappa shape index (κ2) is 5.01. The summed E-state index contributed by atoms with van der Waals surface area (Å²) < 4.78 is 49.2. The van der Waals surface area contributed by atoms with E-state index in [9.17, 15) is 16.8 Å². The number of anilines is 1. The lowest BCUT2D eigenvalue weighted by molar-refractivity contribution is 0.595. The van der Waals surface area contributed by atoms with Crippen LogP contribution in [0.15, 0.2) is 17.0 Å². The molecule has 0 saturated heterocycles. The Morgan fingerprint density at radius 1 is 1.20 bits per heavy atom. The fourth-order valence-electron chi connectivity index (χ4n) is 1.90. The molecule has 0 radical (unpaired) electrons. The smallest absolute Gasteiger partial charge is 0.238 e. The van der Waals surface area contributed by atoms with Crippen molar-refractivity contribution in [3.63, 3.8) is 0 Å². The van der Waals surface area contributed by atoms with Crippen LogP contribution in [-0.4, -0.2) is 22.6 Å². The van der Waals surface area contributed by atoms with E-state index in [2.05, 4.69) is 4.72 Å². The predicted octanol–water partition coefficient (Wildman–Crippen LogP) is 1.10. The SMILES string of the molecule is Cc1cc(S(N)(=O)=O)cc(NS(=O)(=O)CC2CC2)c1C. The van der Waals surface area contributed by atoms with Gasteiger partial charge < -0.3 is 0 Å². The summed E-state index contributed by atoms with van der Waals surface area (Å²) in [4.78, 5) is -0.0929. The quantitative estimate of drug-likeness (QED) is 0.847. The van der Waals surface area contributed by atoms with Crippen LogP contribution in [0.2, 0.25) is 0 Å². The van der Waals surface area contributed by atoms with Crippen LogP contribution in [-0.2, 0) is 20.0 Å². The third-order valence-corrected chi connectivity index (χ3v) is 5.72. The first-order valence-electron chi connectivity index (χ1n) is 6.23.